The molecule has 0 bridgehead atoms. The van der Waals surface area contributed by atoms with Crippen LogP contribution in [-0.4, -0.2) is 14.9 Å². The Bertz CT molecular complexity index is 557. The van der Waals surface area contributed by atoms with E-state index in [-0.39, 0.29) is 16.4 Å². The number of benzene rings is 1. The zero-order valence-electron chi connectivity index (χ0n) is 7.99. The fraction of sp³-hybridized carbons (Fsp3) is 0.111. The van der Waals surface area contributed by atoms with Crippen molar-refractivity contribution in [3.05, 3.63) is 34.4 Å². The van der Waals surface area contributed by atoms with Gasteiger partial charge in [-0.3, -0.25) is 0 Å². The zero-order chi connectivity index (χ0) is 11.0. The molecule has 0 spiro atoms. The lowest BCUT2D eigenvalue weighted by atomic mass is 10.1. The van der Waals surface area contributed by atoms with Crippen molar-refractivity contribution in [2.75, 3.05) is 5.84 Å². The Morgan fingerprint density at radius 1 is 1.53 bits per heavy atom. The molecule has 0 aliphatic rings. The van der Waals surface area contributed by atoms with Crippen LogP contribution >= 0.6 is 12.2 Å². The van der Waals surface area contributed by atoms with Crippen LogP contribution in [0, 0.1) is 17.5 Å². The van der Waals surface area contributed by atoms with Gasteiger partial charge in [-0.15, -0.1) is 0 Å². The summed E-state index contributed by atoms with van der Waals surface area (Å²) in [6, 6.07) is 4.84. The van der Waals surface area contributed by atoms with E-state index in [9.17, 15) is 4.39 Å². The Balaban J connectivity index is 2.64. The predicted octanol–water partition coefficient (Wildman–Crippen LogP) is 1.77. The molecule has 4 nitrogen and oxygen atoms in total. The van der Waals surface area contributed by atoms with Gasteiger partial charge in [0.2, 0.25) is 4.77 Å². The summed E-state index contributed by atoms with van der Waals surface area (Å²) in [5.41, 5.74) is 1.17. The molecule has 3 N–H and O–H groups in total. The number of halogens is 1. The number of hydrogen-bond acceptors (Lipinski definition) is 3. The Morgan fingerprint density at radius 3 is 2.80 bits per heavy atom. The first-order chi connectivity index (χ1) is 7.09. The van der Waals surface area contributed by atoms with E-state index >= 15 is 0 Å². The van der Waals surface area contributed by atoms with E-state index in [1.54, 1.807) is 12.1 Å². The second-order valence-corrected chi connectivity index (χ2v) is 3.59. The lowest BCUT2D eigenvalue weighted by Crippen LogP contribution is -2.10. The van der Waals surface area contributed by atoms with Crippen molar-refractivity contribution in [1.29, 1.82) is 0 Å². The molecule has 0 aliphatic carbocycles. The first kappa shape index (κ1) is 9.85. The summed E-state index contributed by atoms with van der Waals surface area (Å²) in [7, 11) is 0. The Hall–Kier alpha value is -1.69. The van der Waals surface area contributed by atoms with Gasteiger partial charge in [-0.1, -0.05) is 6.07 Å². The molecule has 0 saturated heterocycles. The molecule has 2 rings (SSSR count). The molecule has 6 heteroatoms. The molecule has 2 aromatic rings. The number of H-pyrrole nitrogens is 1. The lowest BCUT2D eigenvalue weighted by molar-refractivity contribution is 0.628. The summed E-state index contributed by atoms with van der Waals surface area (Å²) in [6.45, 7) is 1.81. The highest BCUT2D eigenvalue weighted by Crippen LogP contribution is 2.20. The van der Waals surface area contributed by atoms with Gasteiger partial charge < -0.3 is 5.84 Å². The van der Waals surface area contributed by atoms with Crippen LogP contribution in [0.1, 0.15) is 5.56 Å². The quantitative estimate of drug-likeness (QED) is 0.573. The first-order valence-corrected chi connectivity index (χ1v) is 4.69. The number of nitrogen functional groups attached to an aromatic ring is 1. The summed E-state index contributed by atoms with van der Waals surface area (Å²) >= 11 is 4.84. The smallest absolute Gasteiger partial charge is 0.214 e. The molecule has 15 heavy (non-hydrogen) atoms. The van der Waals surface area contributed by atoms with Crippen LogP contribution in [0.4, 0.5) is 4.39 Å². The predicted molar refractivity (Wildman–Crippen MR) is 57.7 cm³/mol. The van der Waals surface area contributed by atoms with E-state index in [0.717, 1.165) is 10.2 Å². The summed E-state index contributed by atoms with van der Waals surface area (Å²) < 4.78 is 15.0. The van der Waals surface area contributed by atoms with Crippen LogP contribution in [0.5, 0.6) is 0 Å². The maximum absolute atomic E-state index is 13.6. The van der Waals surface area contributed by atoms with E-state index < -0.39 is 0 Å². The number of aryl methyl sites for hydroxylation is 1. The topological polar surface area (TPSA) is 59.6 Å². The van der Waals surface area contributed by atoms with Crippen molar-refractivity contribution in [2.24, 2.45) is 0 Å². The molecule has 0 atom stereocenters. The van der Waals surface area contributed by atoms with Gasteiger partial charge in [0.05, 0.1) is 5.56 Å². The average Bonchev–Trinajstić information content (AvgIpc) is 2.49. The van der Waals surface area contributed by atoms with Gasteiger partial charge in [0.25, 0.3) is 0 Å². The fourth-order valence-corrected chi connectivity index (χ4v) is 1.43. The number of aromatic nitrogens is 3. The number of nitrogens with zero attached hydrogens (tertiary/aromatic N) is 2. The van der Waals surface area contributed by atoms with Crippen LogP contribution in [0.15, 0.2) is 18.2 Å². The SMILES string of the molecule is Cc1ccc(-c2n[nH]c(=S)n2N)c(F)c1. The average molecular weight is 224 g/mol. The minimum absolute atomic E-state index is 0.255. The molecule has 78 valence electrons. The van der Waals surface area contributed by atoms with Crippen LogP contribution in [0.3, 0.4) is 0 Å². The third-order valence-corrected chi connectivity index (χ3v) is 2.36. The summed E-state index contributed by atoms with van der Waals surface area (Å²) in [5.74, 6) is 5.52. The Labute approximate surface area is 90.5 Å². The second-order valence-electron chi connectivity index (χ2n) is 3.21. The molecular formula is C9H9FN4S. The molecule has 0 unspecified atom stereocenters. The van der Waals surface area contributed by atoms with Crippen molar-refractivity contribution in [3.8, 4) is 11.4 Å². The number of aromatic amines is 1. The van der Waals surface area contributed by atoms with Crippen LogP contribution in [-0.2, 0) is 0 Å². The van der Waals surface area contributed by atoms with Gasteiger partial charge in [-0.05, 0) is 36.8 Å². The number of nitrogens with one attached hydrogen (secondary N) is 1. The molecule has 0 fully saturated rings. The van der Waals surface area contributed by atoms with Gasteiger partial charge in [0.15, 0.2) is 5.82 Å². The fourth-order valence-electron chi connectivity index (χ4n) is 1.30. The Kier molecular flexibility index (Phi) is 2.28. The number of hydrogen-bond donors (Lipinski definition) is 2. The van der Waals surface area contributed by atoms with Crippen LogP contribution in [0.2, 0.25) is 0 Å². The summed E-state index contributed by atoms with van der Waals surface area (Å²) in [6.07, 6.45) is 0. The molecule has 1 heterocycles. The molecule has 1 aromatic heterocycles. The van der Waals surface area contributed by atoms with Crippen molar-refractivity contribution in [1.82, 2.24) is 14.9 Å². The minimum atomic E-state index is -0.365. The molecule has 0 saturated carbocycles. The highest BCUT2D eigenvalue weighted by atomic mass is 32.1. The van der Waals surface area contributed by atoms with Crippen molar-refractivity contribution < 1.29 is 4.39 Å². The van der Waals surface area contributed by atoms with Gasteiger partial charge in [-0.25, -0.2) is 14.2 Å². The molecule has 0 amide bonds. The highest BCUT2D eigenvalue weighted by molar-refractivity contribution is 7.71. The molecule has 1 aromatic carbocycles. The van der Waals surface area contributed by atoms with E-state index in [1.807, 2.05) is 6.92 Å². The summed E-state index contributed by atoms with van der Waals surface area (Å²) in [4.78, 5) is 0. The number of nitrogens with two attached hydrogens (primary N) is 1. The Morgan fingerprint density at radius 2 is 2.27 bits per heavy atom. The van der Waals surface area contributed by atoms with Crippen molar-refractivity contribution >= 4 is 12.2 Å². The molecule has 0 radical (unpaired) electrons. The van der Waals surface area contributed by atoms with Gasteiger partial charge in [0.1, 0.15) is 5.82 Å². The highest BCUT2D eigenvalue weighted by Gasteiger charge is 2.11. The monoisotopic (exact) mass is 224 g/mol. The van der Waals surface area contributed by atoms with Crippen LogP contribution < -0.4 is 5.84 Å². The standard InChI is InChI=1S/C9H9FN4S/c1-5-2-3-6(7(10)4-5)8-12-13-9(15)14(8)11/h2-4H,11H2,1H3,(H,13,15). The van der Waals surface area contributed by atoms with Crippen molar-refractivity contribution in [2.45, 2.75) is 6.92 Å². The van der Waals surface area contributed by atoms with E-state index in [2.05, 4.69) is 10.2 Å². The maximum Gasteiger partial charge on any atom is 0.214 e. The van der Waals surface area contributed by atoms with Crippen molar-refractivity contribution in [3.63, 3.8) is 0 Å². The van der Waals surface area contributed by atoms with Gasteiger partial charge in [-0.2, -0.15) is 5.10 Å². The third kappa shape index (κ3) is 1.63. The third-order valence-electron chi connectivity index (χ3n) is 2.07. The largest absolute Gasteiger partial charge is 0.335 e. The van der Waals surface area contributed by atoms with E-state index in [0.29, 0.717) is 5.56 Å². The van der Waals surface area contributed by atoms with Gasteiger partial charge >= 0.3 is 0 Å². The van der Waals surface area contributed by atoms with E-state index in [4.69, 9.17) is 18.1 Å². The van der Waals surface area contributed by atoms with Crippen LogP contribution in [0.25, 0.3) is 11.4 Å². The minimum Gasteiger partial charge on any atom is -0.335 e. The van der Waals surface area contributed by atoms with E-state index in [1.165, 1.54) is 6.07 Å². The molecular weight excluding hydrogens is 215 g/mol. The molecule has 0 aliphatic heterocycles. The zero-order valence-corrected chi connectivity index (χ0v) is 8.81. The number of rotatable bonds is 1. The lowest BCUT2D eigenvalue weighted by Gasteiger charge is -2.02. The normalized spacial score (nSPS) is 10.5. The maximum atomic E-state index is 13.6. The van der Waals surface area contributed by atoms with Gasteiger partial charge in [0, 0.05) is 0 Å². The second kappa shape index (κ2) is 3.47. The summed E-state index contributed by atoms with van der Waals surface area (Å²) in [5, 5.41) is 6.36. The first-order valence-electron chi connectivity index (χ1n) is 4.28.